The van der Waals surface area contributed by atoms with Crippen molar-refractivity contribution in [2.24, 2.45) is 0 Å². The van der Waals surface area contributed by atoms with Crippen LogP contribution in [0, 0.1) is 0 Å². The van der Waals surface area contributed by atoms with Crippen molar-refractivity contribution in [2.45, 2.75) is 6.18 Å². The number of aromatic nitrogens is 2. The van der Waals surface area contributed by atoms with Crippen LogP contribution in [0.25, 0.3) is 10.6 Å². The molecule has 3 aromatic rings. The molecular weight excluding hydrogens is 443 g/mol. The molecule has 1 saturated heterocycles. The second-order valence-corrected chi connectivity index (χ2v) is 8.25. The van der Waals surface area contributed by atoms with Gasteiger partial charge in [-0.05, 0) is 29.6 Å². The van der Waals surface area contributed by atoms with Gasteiger partial charge in [0.25, 0.3) is 5.91 Å². The van der Waals surface area contributed by atoms with Crippen molar-refractivity contribution < 1.29 is 22.8 Å². The van der Waals surface area contributed by atoms with Crippen LogP contribution in [0.4, 0.5) is 18.9 Å². The van der Waals surface area contributed by atoms with E-state index < -0.39 is 17.6 Å². The molecule has 0 unspecified atom stereocenters. The molecule has 32 heavy (non-hydrogen) atoms. The summed E-state index contributed by atoms with van der Waals surface area (Å²) in [5.74, 6) is -0.735. The van der Waals surface area contributed by atoms with Gasteiger partial charge in [0.2, 0.25) is 5.91 Å². The SMILES string of the molecule is O=C(CN1CCN(C(=O)c2cc(-c3cccs3)[nH]n2)CC1)Nc1ccccc1C(F)(F)F. The number of H-pyrrole nitrogens is 1. The van der Waals surface area contributed by atoms with E-state index in [0.717, 1.165) is 16.6 Å². The molecule has 0 bridgehead atoms. The van der Waals surface area contributed by atoms with Gasteiger partial charge in [0.15, 0.2) is 5.69 Å². The second kappa shape index (κ2) is 9.13. The fraction of sp³-hybridized carbons (Fsp3) is 0.286. The van der Waals surface area contributed by atoms with Gasteiger partial charge in [-0.15, -0.1) is 11.3 Å². The van der Waals surface area contributed by atoms with E-state index in [0.29, 0.717) is 31.9 Å². The second-order valence-electron chi connectivity index (χ2n) is 7.30. The maximum Gasteiger partial charge on any atom is 0.418 e. The zero-order valence-corrected chi connectivity index (χ0v) is 17.7. The van der Waals surface area contributed by atoms with Crippen LogP contribution < -0.4 is 5.32 Å². The highest BCUT2D eigenvalue weighted by molar-refractivity contribution is 7.13. The molecule has 7 nitrogen and oxygen atoms in total. The molecule has 0 spiro atoms. The maximum absolute atomic E-state index is 13.1. The Balaban J connectivity index is 1.30. The molecule has 1 aliphatic heterocycles. The summed E-state index contributed by atoms with van der Waals surface area (Å²) in [5, 5.41) is 11.3. The number of aromatic amines is 1. The number of benzene rings is 1. The molecular formula is C21H20F3N5O2S. The number of halogens is 3. The number of thiophene rings is 1. The number of piperazine rings is 1. The lowest BCUT2D eigenvalue weighted by Gasteiger charge is -2.34. The maximum atomic E-state index is 13.1. The minimum absolute atomic E-state index is 0.0564. The molecule has 2 aromatic heterocycles. The quantitative estimate of drug-likeness (QED) is 0.607. The van der Waals surface area contributed by atoms with Gasteiger partial charge in [-0.25, -0.2) is 0 Å². The number of nitrogens with zero attached hydrogens (tertiary/aromatic N) is 3. The Morgan fingerprint density at radius 2 is 1.84 bits per heavy atom. The first-order valence-corrected chi connectivity index (χ1v) is 10.8. The van der Waals surface area contributed by atoms with Crippen molar-refractivity contribution in [1.82, 2.24) is 20.0 Å². The van der Waals surface area contributed by atoms with E-state index in [4.69, 9.17) is 0 Å². The summed E-state index contributed by atoms with van der Waals surface area (Å²) in [7, 11) is 0. The highest BCUT2D eigenvalue weighted by Crippen LogP contribution is 2.34. The number of carbonyl (C=O) groups is 2. The first-order valence-electron chi connectivity index (χ1n) is 9.88. The zero-order valence-electron chi connectivity index (χ0n) is 16.9. The molecule has 11 heteroatoms. The highest BCUT2D eigenvalue weighted by atomic mass is 32.1. The number of hydrogen-bond acceptors (Lipinski definition) is 5. The summed E-state index contributed by atoms with van der Waals surface area (Å²) in [6, 6.07) is 10.4. The molecule has 4 rings (SSSR count). The van der Waals surface area contributed by atoms with E-state index in [1.54, 1.807) is 27.2 Å². The van der Waals surface area contributed by atoms with Gasteiger partial charge in [0, 0.05) is 26.2 Å². The monoisotopic (exact) mass is 463 g/mol. The van der Waals surface area contributed by atoms with E-state index in [9.17, 15) is 22.8 Å². The third-order valence-electron chi connectivity index (χ3n) is 5.12. The van der Waals surface area contributed by atoms with Crippen molar-refractivity contribution in [2.75, 3.05) is 38.0 Å². The van der Waals surface area contributed by atoms with E-state index in [-0.39, 0.29) is 18.1 Å². The highest BCUT2D eigenvalue weighted by Gasteiger charge is 2.33. The first-order chi connectivity index (χ1) is 15.3. The van der Waals surface area contributed by atoms with Crippen LogP contribution >= 0.6 is 11.3 Å². The Hall–Kier alpha value is -3.18. The van der Waals surface area contributed by atoms with Gasteiger partial charge >= 0.3 is 6.18 Å². The predicted octanol–water partition coefficient (Wildman–Crippen LogP) is 3.55. The third-order valence-corrected chi connectivity index (χ3v) is 6.02. The van der Waals surface area contributed by atoms with Crippen molar-refractivity contribution >= 4 is 28.8 Å². The average Bonchev–Trinajstić information content (AvgIpc) is 3.45. The van der Waals surface area contributed by atoms with Crippen molar-refractivity contribution in [3.8, 4) is 10.6 Å². The summed E-state index contributed by atoms with van der Waals surface area (Å²) in [4.78, 5) is 29.5. The lowest BCUT2D eigenvalue weighted by atomic mass is 10.1. The topological polar surface area (TPSA) is 81.3 Å². The largest absolute Gasteiger partial charge is 0.418 e. The lowest BCUT2D eigenvalue weighted by molar-refractivity contribution is -0.137. The summed E-state index contributed by atoms with van der Waals surface area (Å²) in [5.41, 5.74) is -0.0512. The number of rotatable bonds is 5. The normalized spacial score (nSPS) is 15.0. The fourth-order valence-corrected chi connectivity index (χ4v) is 4.18. The number of carbonyl (C=O) groups excluding carboxylic acids is 2. The van der Waals surface area contributed by atoms with Crippen molar-refractivity contribution in [3.63, 3.8) is 0 Å². The number of amides is 2. The van der Waals surface area contributed by atoms with Gasteiger partial charge in [0.05, 0.1) is 28.4 Å². The van der Waals surface area contributed by atoms with Gasteiger partial charge in [-0.2, -0.15) is 18.3 Å². The summed E-state index contributed by atoms with van der Waals surface area (Å²) >= 11 is 1.54. The summed E-state index contributed by atoms with van der Waals surface area (Å²) in [6.45, 7) is 1.60. The smallest absolute Gasteiger partial charge is 0.335 e. The number of hydrogen-bond donors (Lipinski definition) is 2. The molecule has 1 aliphatic rings. The average molecular weight is 463 g/mol. The van der Waals surface area contributed by atoms with E-state index in [1.165, 1.54) is 18.2 Å². The van der Waals surface area contributed by atoms with E-state index in [1.807, 2.05) is 17.5 Å². The van der Waals surface area contributed by atoms with Crippen molar-refractivity contribution in [1.29, 1.82) is 0 Å². The van der Waals surface area contributed by atoms with Crippen LogP contribution in [0.5, 0.6) is 0 Å². The van der Waals surface area contributed by atoms with Crippen LogP contribution in [-0.2, 0) is 11.0 Å². The molecule has 2 N–H and O–H groups in total. The Morgan fingerprint density at radius 3 is 2.53 bits per heavy atom. The van der Waals surface area contributed by atoms with Crippen LogP contribution in [0.2, 0.25) is 0 Å². The zero-order chi connectivity index (χ0) is 22.7. The van der Waals surface area contributed by atoms with Gasteiger partial charge in [-0.1, -0.05) is 18.2 Å². The summed E-state index contributed by atoms with van der Waals surface area (Å²) in [6.07, 6.45) is -4.55. The Morgan fingerprint density at radius 1 is 1.09 bits per heavy atom. The van der Waals surface area contributed by atoms with Crippen LogP contribution in [0.15, 0.2) is 47.8 Å². The predicted molar refractivity (Wildman–Crippen MR) is 114 cm³/mol. The Labute approximate surface area is 185 Å². The van der Waals surface area contributed by atoms with Crippen LogP contribution in [-0.4, -0.2) is 64.5 Å². The minimum Gasteiger partial charge on any atom is -0.335 e. The Kier molecular flexibility index (Phi) is 6.28. The Bertz CT molecular complexity index is 1090. The van der Waals surface area contributed by atoms with Gasteiger partial charge in [0.1, 0.15) is 0 Å². The minimum atomic E-state index is -4.55. The standard InChI is InChI=1S/C21H20F3N5O2S/c22-21(23,24)14-4-1-2-5-15(14)25-19(30)13-28-7-9-29(10-8-28)20(31)17-12-16(26-27-17)18-6-3-11-32-18/h1-6,11-12H,7-10,13H2,(H,25,30)(H,26,27). The van der Waals surface area contributed by atoms with E-state index >= 15 is 0 Å². The number of anilines is 1. The molecule has 3 heterocycles. The summed E-state index contributed by atoms with van der Waals surface area (Å²) < 4.78 is 39.3. The van der Waals surface area contributed by atoms with E-state index in [2.05, 4.69) is 15.5 Å². The molecule has 168 valence electrons. The molecule has 1 aromatic carbocycles. The van der Waals surface area contributed by atoms with Gasteiger partial charge < -0.3 is 10.2 Å². The van der Waals surface area contributed by atoms with Crippen LogP contribution in [0.1, 0.15) is 16.1 Å². The lowest BCUT2D eigenvalue weighted by Crippen LogP contribution is -2.50. The number of alkyl halides is 3. The fourth-order valence-electron chi connectivity index (χ4n) is 3.49. The van der Waals surface area contributed by atoms with Crippen molar-refractivity contribution in [3.05, 3.63) is 59.1 Å². The van der Waals surface area contributed by atoms with Crippen LogP contribution in [0.3, 0.4) is 0 Å². The number of nitrogens with one attached hydrogen (secondary N) is 2. The molecule has 2 amide bonds. The molecule has 1 fully saturated rings. The molecule has 0 saturated carbocycles. The van der Waals surface area contributed by atoms with Gasteiger partial charge in [-0.3, -0.25) is 19.6 Å². The molecule has 0 atom stereocenters. The first kappa shape index (κ1) is 22.0. The number of para-hydroxylation sites is 1. The third kappa shape index (κ3) is 5.00. The molecule has 0 radical (unpaired) electrons. The molecule has 0 aliphatic carbocycles.